The SMILES string of the molecule is CCCCCCCC[Si](C)(C)c1ccccc1CBr. The Morgan fingerprint density at radius 2 is 1.58 bits per heavy atom. The van der Waals surface area contributed by atoms with Gasteiger partial charge in [0.05, 0.1) is 8.07 Å². The molecule has 0 amide bonds. The van der Waals surface area contributed by atoms with Crippen LogP contribution in [0.3, 0.4) is 0 Å². The van der Waals surface area contributed by atoms with Gasteiger partial charge in [0.25, 0.3) is 0 Å². The molecule has 0 aliphatic carbocycles. The van der Waals surface area contributed by atoms with Crippen molar-refractivity contribution in [3.05, 3.63) is 29.8 Å². The minimum absolute atomic E-state index is 0.996. The Morgan fingerprint density at radius 1 is 0.947 bits per heavy atom. The van der Waals surface area contributed by atoms with Crippen LogP contribution in [0.4, 0.5) is 0 Å². The second kappa shape index (κ2) is 8.96. The van der Waals surface area contributed by atoms with Crippen LogP contribution in [0.25, 0.3) is 0 Å². The molecule has 0 unspecified atom stereocenters. The molecule has 2 heteroatoms. The Labute approximate surface area is 129 Å². The minimum atomic E-state index is -1.24. The zero-order valence-electron chi connectivity index (χ0n) is 12.8. The summed E-state index contributed by atoms with van der Waals surface area (Å²) in [5.41, 5.74) is 1.50. The molecule has 0 aliphatic rings. The van der Waals surface area contributed by atoms with Crippen molar-refractivity contribution < 1.29 is 0 Å². The molecule has 0 heterocycles. The van der Waals surface area contributed by atoms with Gasteiger partial charge in [-0.3, -0.25) is 0 Å². The van der Waals surface area contributed by atoms with Crippen molar-refractivity contribution in [3.63, 3.8) is 0 Å². The van der Waals surface area contributed by atoms with Crippen molar-refractivity contribution >= 4 is 29.2 Å². The maximum atomic E-state index is 3.63. The monoisotopic (exact) mass is 340 g/mol. The topological polar surface area (TPSA) is 0 Å². The van der Waals surface area contributed by atoms with Gasteiger partial charge in [0.2, 0.25) is 0 Å². The first-order valence-corrected chi connectivity index (χ1v) is 12.1. The Kier molecular flexibility index (Phi) is 8.01. The fourth-order valence-electron chi connectivity index (χ4n) is 2.78. The molecule has 0 saturated heterocycles. The molecule has 0 fully saturated rings. The van der Waals surface area contributed by atoms with Crippen LogP contribution < -0.4 is 5.19 Å². The first-order valence-electron chi connectivity index (χ1n) is 7.76. The lowest BCUT2D eigenvalue weighted by molar-refractivity contribution is 0.623. The average Bonchev–Trinajstić information content (AvgIpc) is 2.42. The number of unbranched alkanes of at least 4 members (excludes halogenated alkanes) is 5. The van der Waals surface area contributed by atoms with E-state index in [1.165, 1.54) is 50.1 Å². The maximum absolute atomic E-state index is 3.63. The number of hydrogen-bond donors (Lipinski definition) is 0. The summed E-state index contributed by atoms with van der Waals surface area (Å²) in [5, 5.41) is 2.65. The lowest BCUT2D eigenvalue weighted by atomic mass is 10.1. The number of halogens is 1. The summed E-state index contributed by atoms with van der Waals surface area (Å²) in [6, 6.07) is 10.4. The molecule has 0 nitrogen and oxygen atoms in total. The Hall–Kier alpha value is -0.0831. The normalized spacial score (nSPS) is 11.8. The van der Waals surface area contributed by atoms with Crippen molar-refractivity contribution in [3.8, 4) is 0 Å². The van der Waals surface area contributed by atoms with Crippen molar-refractivity contribution in [2.45, 2.75) is 69.9 Å². The van der Waals surface area contributed by atoms with Crippen LogP contribution in [0.2, 0.25) is 19.1 Å². The van der Waals surface area contributed by atoms with Crippen LogP contribution in [0.15, 0.2) is 24.3 Å². The van der Waals surface area contributed by atoms with Gasteiger partial charge in [0, 0.05) is 5.33 Å². The van der Waals surface area contributed by atoms with Gasteiger partial charge in [-0.25, -0.2) is 0 Å². The molecular weight excluding hydrogens is 312 g/mol. The number of hydrogen-bond acceptors (Lipinski definition) is 0. The third-order valence-corrected chi connectivity index (χ3v) is 8.20. The van der Waals surface area contributed by atoms with Crippen LogP contribution in [-0.2, 0) is 5.33 Å². The molecule has 0 atom stereocenters. The van der Waals surface area contributed by atoms with Gasteiger partial charge in [0.1, 0.15) is 0 Å². The first kappa shape index (κ1) is 17.0. The fraction of sp³-hybridized carbons (Fsp3) is 0.647. The van der Waals surface area contributed by atoms with Gasteiger partial charge < -0.3 is 0 Å². The number of benzene rings is 1. The molecule has 0 N–H and O–H groups in total. The highest BCUT2D eigenvalue weighted by atomic mass is 79.9. The van der Waals surface area contributed by atoms with Gasteiger partial charge in [-0.15, -0.1) is 0 Å². The molecule has 0 aliphatic heterocycles. The lowest BCUT2D eigenvalue weighted by Gasteiger charge is -2.25. The molecule has 1 aromatic rings. The van der Waals surface area contributed by atoms with E-state index in [4.69, 9.17) is 0 Å². The van der Waals surface area contributed by atoms with Crippen molar-refractivity contribution in [2.75, 3.05) is 0 Å². The number of rotatable bonds is 9. The number of alkyl halides is 1. The molecular formula is C17H29BrSi. The van der Waals surface area contributed by atoms with E-state index in [0.29, 0.717) is 0 Å². The zero-order valence-corrected chi connectivity index (χ0v) is 15.4. The van der Waals surface area contributed by atoms with E-state index in [-0.39, 0.29) is 0 Å². The van der Waals surface area contributed by atoms with Gasteiger partial charge in [-0.05, 0) is 5.56 Å². The average molecular weight is 341 g/mol. The molecule has 108 valence electrons. The summed E-state index contributed by atoms with van der Waals surface area (Å²) in [6.07, 6.45) is 8.45. The Morgan fingerprint density at radius 3 is 2.26 bits per heavy atom. The molecule has 1 aromatic carbocycles. The van der Waals surface area contributed by atoms with Crippen LogP contribution in [-0.4, -0.2) is 8.07 Å². The summed E-state index contributed by atoms with van der Waals surface area (Å²) in [7, 11) is -1.24. The minimum Gasteiger partial charge on any atom is -0.0876 e. The van der Waals surface area contributed by atoms with Crippen molar-refractivity contribution in [1.29, 1.82) is 0 Å². The van der Waals surface area contributed by atoms with E-state index in [1.54, 1.807) is 5.19 Å². The van der Waals surface area contributed by atoms with Crippen LogP contribution in [0, 0.1) is 0 Å². The highest BCUT2D eigenvalue weighted by Crippen LogP contribution is 2.19. The third-order valence-electron chi connectivity index (χ3n) is 4.05. The van der Waals surface area contributed by atoms with E-state index < -0.39 is 8.07 Å². The molecule has 0 bridgehead atoms. The summed E-state index contributed by atoms with van der Waals surface area (Å²) < 4.78 is 0. The molecule has 1 rings (SSSR count). The molecule has 0 radical (unpaired) electrons. The van der Waals surface area contributed by atoms with E-state index in [0.717, 1.165) is 5.33 Å². The fourth-order valence-corrected chi connectivity index (χ4v) is 6.52. The quantitative estimate of drug-likeness (QED) is 0.300. The van der Waals surface area contributed by atoms with Crippen molar-refractivity contribution in [1.82, 2.24) is 0 Å². The second-order valence-corrected chi connectivity index (χ2v) is 11.6. The van der Waals surface area contributed by atoms with Gasteiger partial charge in [-0.1, -0.05) is 110 Å². The lowest BCUT2D eigenvalue weighted by Crippen LogP contribution is -2.43. The summed E-state index contributed by atoms with van der Waals surface area (Å²) >= 11 is 3.63. The predicted molar refractivity (Wildman–Crippen MR) is 94.4 cm³/mol. The molecule has 19 heavy (non-hydrogen) atoms. The molecule has 0 spiro atoms. The smallest absolute Gasteiger partial charge is 0.0810 e. The van der Waals surface area contributed by atoms with E-state index >= 15 is 0 Å². The second-order valence-electron chi connectivity index (χ2n) is 6.19. The van der Waals surface area contributed by atoms with Gasteiger partial charge in [0.15, 0.2) is 0 Å². The van der Waals surface area contributed by atoms with Gasteiger partial charge in [-0.2, -0.15) is 0 Å². The van der Waals surface area contributed by atoms with E-state index in [9.17, 15) is 0 Å². The highest BCUT2D eigenvalue weighted by molar-refractivity contribution is 9.08. The molecule has 0 aromatic heterocycles. The molecule has 0 saturated carbocycles. The Bertz CT molecular complexity index is 360. The third kappa shape index (κ3) is 5.82. The first-order chi connectivity index (χ1) is 9.11. The van der Waals surface area contributed by atoms with Crippen LogP contribution in [0.1, 0.15) is 51.0 Å². The Balaban J connectivity index is 2.46. The zero-order chi connectivity index (χ0) is 14.1. The highest BCUT2D eigenvalue weighted by Gasteiger charge is 2.24. The van der Waals surface area contributed by atoms with Gasteiger partial charge >= 0.3 is 0 Å². The van der Waals surface area contributed by atoms with Crippen LogP contribution in [0.5, 0.6) is 0 Å². The van der Waals surface area contributed by atoms with E-state index in [2.05, 4.69) is 60.2 Å². The maximum Gasteiger partial charge on any atom is 0.0810 e. The summed E-state index contributed by atoms with van der Waals surface area (Å²) in [4.78, 5) is 0. The predicted octanol–water partition coefficient (Wildman–Crippen LogP) is 5.86. The van der Waals surface area contributed by atoms with Crippen LogP contribution >= 0.6 is 15.9 Å². The summed E-state index contributed by atoms with van der Waals surface area (Å²) in [6.45, 7) is 7.34. The summed E-state index contributed by atoms with van der Waals surface area (Å²) in [5.74, 6) is 0. The van der Waals surface area contributed by atoms with Crippen molar-refractivity contribution in [2.24, 2.45) is 0 Å². The standard InChI is InChI=1S/C17H29BrSi/c1-4-5-6-7-8-11-14-19(2,3)17-13-10-9-12-16(17)15-18/h9-10,12-13H,4-8,11,14-15H2,1-3H3. The largest absolute Gasteiger partial charge is 0.0876 e. The van der Waals surface area contributed by atoms with E-state index in [1.807, 2.05) is 0 Å².